The number of aldehydes is 1. The van der Waals surface area contributed by atoms with Crippen LogP contribution in [-0.4, -0.2) is 16.5 Å². The fourth-order valence-electron chi connectivity index (χ4n) is 1.11. The van der Waals surface area contributed by atoms with Gasteiger partial charge < -0.3 is 15.9 Å². The van der Waals surface area contributed by atoms with Gasteiger partial charge in [0, 0.05) is 5.69 Å². The molecule has 0 fully saturated rings. The molecule has 0 amide bonds. The van der Waals surface area contributed by atoms with Gasteiger partial charge in [0.25, 0.3) is 0 Å². The summed E-state index contributed by atoms with van der Waals surface area (Å²) in [6, 6.07) is 13.6. The molecule has 2 aromatic carbocycles. The van der Waals surface area contributed by atoms with Crippen molar-refractivity contribution in [2.75, 3.05) is 5.73 Å². The molecule has 0 unspecified atom stereocenters. The highest BCUT2D eigenvalue weighted by Crippen LogP contribution is 2.23. The fraction of sp³-hybridized carbons (Fsp3) is 0. The quantitative estimate of drug-likeness (QED) is 0.519. The summed E-state index contributed by atoms with van der Waals surface area (Å²) in [5.74, 6) is -0.398. The second-order valence-electron chi connectivity index (χ2n) is 3.24. The number of benzene rings is 2. The van der Waals surface area contributed by atoms with E-state index in [-0.39, 0.29) is 17.1 Å². The van der Waals surface area contributed by atoms with Gasteiger partial charge >= 0.3 is 0 Å². The molecule has 0 radical (unpaired) electrons. The Morgan fingerprint density at radius 3 is 1.71 bits per heavy atom. The van der Waals surface area contributed by atoms with Gasteiger partial charge in [-0.1, -0.05) is 24.3 Å². The van der Waals surface area contributed by atoms with Crippen LogP contribution in [0.3, 0.4) is 0 Å². The Morgan fingerprint density at radius 2 is 1.41 bits per heavy atom. The SMILES string of the molecule is Nc1ccccc1.O=Cc1c(O)cccc1O. The number of phenolic OH excluding ortho intramolecular Hbond substituents is 2. The summed E-state index contributed by atoms with van der Waals surface area (Å²) < 4.78 is 0. The van der Waals surface area contributed by atoms with E-state index in [4.69, 9.17) is 15.9 Å². The first kappa shape index (κ1) is 12.6. The number of carbonyl (C=O) groups excluding carboxylic acids is 1. The van der Waals surface area contributed by atoms with Crippen LogP contribution < -0.4 is 5.73 Å². The summed E-state index contributed by atoms with van der Waals surface area (Å²) in [7, 11) is 0. The first-order valence-corrected chi connectivity index (χ1v) is 4.91. The van der Waals surface area contributed by atoms with Crippen LogP contribution in [0, 0.1) is 0 Å². The molecule has 0 bridgehead atoms. The molecular formula is C13H13NO3. The number of nitrogen functional groups attached to an aromatic ring is 1. The normalized spacial score (nSPS) is 8.94. The molecule has 0 spiro atoms. The van der Waals surface area contributed by atoms with Gasteiger partial charge in [0.1, 0.15) is 11.5 Å². The van der Waals surface area contributed by atoms with Crippen molar-refractivity contribution in [3.8, 4) is 11.5 Å². The zero-order valence-electron chi connectivity index (χ0n) is 9.08. The molecule has 17 heavy (non-hydrogen) atoms. The summed E-state index contributed by atoms with van der Waals surface area (Å²) in [5.41, 5.74) is 6.11. The van der Waals surface area contributed by atoms with Gasteiger partial charge in [-0.15, -0.1) is 0 Å². The number of hydrogen-bond donors (Lipinski definition) is 3. The maximum absolute atomic E-state index is 10.1. The Labute approximate surface area is 98.9 Å². The number of carbonyl (C=O) groups is 1. The van der Waals surface area contributed by atoms with Crippen molar-refractivity contribution in [3.05, 3.63) is 54.1 Å². The number of para-hydroxylation sites is 1. The molecule has 2 rings (SSSR count). The third-order valence-corrected chi connectivity index (χ3v) is 1.98. The van der Waals surface area contributed by atoms with Gasteiger partial charge in [0.05, 0.1) is 5.56 Å². The van der Waals surface area contributed by atoms with Crippen LogP contribution in [0.2, 0.25) is 0 Å². The molecule has 4 N–H and O–H groups in total. The van der Waals surface area contributed by atoms with Gasteiger partial charge in [-0.2, -0.15) is 0 Å². The summed E-state index contributed by atoms with van der Waals surface area (Å²) in [6.45, 7) is 0. The van der Waals surface area contributed by atoms with E-state index in [2.05, 4.69) is 0 Å². The Hall–Kier alpha value is -2.49. The van der Waals surface area contributed by atoms with Gasteiger partial charge in [-0.3, -0.25) is 4.79 Å². The van der Waals surface area contributed by atoms with Crippen LogP contribution in [0.4, 0.5) is 5.69 Å². The minimum absolute atomic E-state index is 0.0671. The Bertz CT molecular complexity index is 463. The number of nitrogens with two attached hydrogens (primary N) is 1. The lowest BCUT2D eigenvalue weighted by Gasteiger charge is -1.97. The zero-order valence-corrected chi connectivity index (χ0v) is 9.08. The van der Waals surface area contributed by atoms with E-state index >= 15 is 0 Å². The predicted octanol–water partition coefficient (Wildman–Crippen LogP) is 2.18. The van der Waals surface area contributed by atoms with Crippen molar-refractivity contribution in [1.82, 2.24) is 0 Å². The van der Waals surface area contributed by atoms with Crippen molar-refractivity contribution in [3.63, 3.8) is 0 Å². The van der Waals surface area contributed by atoms with E-state index < -0.39 is 0 Å². The highest BCUT2D eigenvalue weighted by Gasteiger charge is 2.02. The molecule has 0 heterocycles. The number of phenols is 2. The fourth-order valence-corrected chi connectivity index (χ4v) is 1.11. The van der Waals surface area contributed by atoms with Crippen LogP contribution >= 0.6 is 0 Å². The molecule has 0 saturated carbocycles. The van der Waals surface area contributed by atoms with Gasteiger partial charge in [-0.05, 0) is 24.3 Å². The van der Waals surface area contributed by atoms with Crippen molar-refractivity contribution in [1.29, 1.82) is 0 Å². The lowest BCUT2D eigenvalue weighted by Crippen LogP contribution is -1.80. The van der Waals surface area contributed by atoms with Crippen LogP contribution in [-0.2, 0) is 0 Å². The summed E-state index contributed by atoms with van der Waals surface area (Å²) in [5, 5.41) is 17.8. The van der Waals surface area contributed by atoms with E-state index in [1.54, 1.807) is 0 Å². The number of rotatable bonds is 1. The molecule has 0 atom stereocenters. The van der Waals surface area contributed by atoms with Crippen LogP contribution in [0.1, 0.15) is 10.4 Å². The molecule has 2 aromatic rings. The molecule has 0 aliphatic heterocycles. The summed E-state index contributed by atoms with van der Waals surface area (Å²) in [4.78, 5) is 10.1. The van der Waals surface area contributed by atoms with Crippen LogP contribution in [0.15, 0.2) is 48.5 Å². The maximum Gasteiger partial charge on any atom is 0.157 e. The van der Waals surface area contributed by atoms with E-state index in [1.165, 1.54) is 18.2 Å². The molecule has 88 valence electrons. The van der Waals surface area contributed by atoms with E-state index in [1.807, 2.05) is 30.3 Å². The number of aromatic hydroxyl groups is 2. The first-order valence-electron chi connectivity index (χ1n) is 4.91. The predicted molar refractivity (Wildman–Crippen MR) is 66.0 cm³/mol. The Balaban J connectivity index is 0.000000181. The second kappa shape index (κ2) is 6.17. The van der Waals surface area contributed by atoms with Crippen molar-refractivity contribution < 1.29 is 15.0 Å². The van der Waals surface area contributed by atoms with Gasteiger partial charge in [-0.25, -0.2) is 0 Å². The summed E-state index contributed by atoms with van der Waals surface area (Å²) in [6.07, 6.45) is 0.407. The molecule has 0 saturated heterocycles. The molecule has 4 nitrogen and oxygen atoms in total. The zero-order chi connectivity index (χ0) is 12.7. The molecule has 0 aliphatic rings. The topological polar surface area (TPSA) is 83.6 Å². The molecule has 4 heteroatoms. The molecular weight excluding hydrogens is 218 g/mol. The highest BCUT2D eigenvalue weighted by molar-refractivity contribution is 5.83. The van der Waals surface area contributed by atoms with Crippen LogP contribution in [0.5, 0.6) is 11.5 Å². The summed E-state index contributed by atoms with van der Waals surface area (Å²) >= 11 is 0. The average molecular weight is 231 g/mol. The van der Waals surface area contributed by atoms with Crippen molar-refractivity contribution >= 4 is 12.0 Å². The minimum Gasteiger partial charge on any atom is -0.507 e. The Morgan fingerprint density at radius 1 is 0.882 bits per heavy atom. The highest BCUT2D eigenvalue weighted by atomic mass is 16.3. The standard InChI is InChI=1S/C7H6O3.C6H7N/c8-4-5-6(9)2-1-3-7(5)10;7-6-4-2-1-3-5-6/h1-4,9-10H;1-5H,7H2. The van der Waals surface area contributed by atoms with Gasteiger partial charge in [0.2, 0.25) is 0 Å². The second-order valence-corrected chi connectivity index (χ2v) is 3.24. The Kier molecular flexibility index (Phi) is 4.57. The average Bonchev–Trinajstić information content (AvgIpc) is 2.31. The van der Waals surface area contributed by atoms with E-state index in [9.17, 15) is 4.79 Å². The monoisotopic (exact) mass is 231 g/mol. The lowest BCUT2D eigenvalue weighted by atomic mass is 10.2. The van der Waals surface area contributed by atoms with Crippen molar-refractivity contribution in [2.24, 2.45) is 0 Å². The third-order valence-electron chi connectivity index (χ3n) is 1.98. The van der Waals surface area contributed by atoms with Gasteiger partial charge in [0.15, 0.2) is 6.29 Å². The third kappa shape index (κ3) is 3.87. The largest absolute Gasteiger partial charge is 0.507 e. The molecule has 0 aromatic heterocycles. The number of hydrogen-bond acceptors (Lipinski definition) is 4. The molecule has 0 aliphatic carbocycles. The van der Waals surface area contributed by atoms with Crippen molar-refractivity contribution in [2.45, 2.75) is 0 Å². The first-order chi connectivity index (χ1) is 8.15. The van der Waals surface area contributed by atoms with E-state index in [0.29, 0.717) is 6.29 Å². The smallest absolute Gasteiger partial charge is 0.157 e. The minimum atomic E-state index is -0.199. The number of anilines is 1. The van der Waals surface area contributed by atoms with E-state index in [0.717, 1.165) is 5.69 Å². The van der Waals surface area contributed by atoms with Crippen LogP contribution in [0.25, 0.3) is 0 Å². The maximum atomic E-state index is 10.1. The lowest BCUT2D eigenvalue weighted by molar-refractivity contribution is 0.111.